The van der Waals surface area contributed by atoms with Crippen LogP contribution >= 0.6 is 11.3 Å². The van der Waals surface area contributed by atoms with Gasteiger partial charge in [0.2, 0.25) is 0 Å². The Bertz CT molecular complexity index is 971. The molecule has 0 atom stereocenters. The van der Waals surface area contributed by atoms with Crippen molar-refractivity contribution in [1.82, 2.24) is 4.98 Å². The number of pyridine rings is 1. The fraction of sp³-hybridized carbons (Fsp3) is 0.0526. The van der Waals surface area contributed by atoms with Gasteiger partial charge in [-0.3, -0.25) is 14.6 Å². The summed E-state index contributed by atoms with van der Waals surface area (Å²) < 4.78 is 4.96. The Kier molecular flexibility index (Phi) is 5.58. The number of benzene rings is 1. The van der Waals surface area contributed by atoms with Crippen LogP contribution in [0, 0.1) is 0 Å². The molecule has 0 saturated carbocycles. The maximum Gasteiger partial charge on any atom is 0.338 e. The van der Waals surface area contributed by atoms with Gasteiger partial charge in [0.1, 0.15) is 5.00 Å². The lowest BCUT2D eigenvalue weighted by molar-refractivity contribution is -0.119. The molecular weight excluding hydrogens is 366 g/mol. The molecule has 2 aromatic heterocycles. The number of primary amides is 1. The van der Waals surface area contributed by atoms with Gasteiger partial charge in [0.15, 0.2) is 6.61 Å². The molecule has 0 fully saturated rings. The molecule has 3 rings (SSSR count). The molecule has 8 heteroatoms. The summed E-state index contributed by atoms with van der Waals surface area (Å²) in [4.78, 5) is 40.3. The van der Waals surface area contributed by atoms with Gasteiger partial charge in [-0.15, -0.1) is 11.3 Å². The van der Waals surface area contributed by atoms with Crippen LogP contribution in [0.4, 0.5) is 5.00 Å². The Hall–Kier alpha value is -3.52. The monoisotopic (exact) mass is 381 g/mol. The number of nitrogens with two attached hydrogens (primary N) is 1. The van der Waals surface area contributed by atoms with Gasteiger partial charge in [0.25, 0.3) is 11.8 Å². The van der Waals surface area contributed by atoms with Gasteiger partial charge >= 0.3 is 5.97 Å². The smallest absolute Gasteiger partial charge is 0.338 e. The van der Waals surface area contributed by atoms with Gasteiger partial charge in [-0.2, -0.15) is 0 Å². The van der Waals surface area contributed by atoms with Crippen LogP contribution in [0.3, 0.4) is 0 Å². The molecule has 0 aliphatic heterocycles. The van der Waals surface area contributed by atoms with Crippen molar-refractivity contribution in [3.05, 3.63) is 72.1 Å². The number of nitrogens with zero attached hydrogens (tertiary/aromatic N) is 1. The Labute approximate surface area is 158 Å². The Balaban J connectivity index is 1.69. The minimum atomic E-state index is -0.655. The van der Waals surface area contributed by atoms with E-state index in [2.05, 4.69) is 10.3 Å². The molecule has 3 N–H and O–H groups in total. The molecule has 0 bridgehead atoms. The first kappa shape index (κ1) is 18.3. The van der Waals surface area contributed by atoms with Crippen LogP contribution in [0.5, 0.6) is 0 Å². The van der Waals surface area contributed by atoms with E-state index in [1.165, 1.54) is 35.9 Å². The van der Waals surface area contributed by atoms with Crippen molar-refractivity contribution in [2.45, 2.75) is 0 Å². The van der Waals surface area contributed by atoms with Crippen molar-refractivity contribution < 1.29 is 19.1 Å². The topological polar surface area (TPSA) is 111 Å². The zero-order chi connectivity index (χ0) is 19.2. The quantitative estimate of drug-likeness (QED) is 0.638. The van der Waals surface area contributed by atoms with E-state index >= 15 is 0 Å². The highest BCUT2D eigenvalue weighted by molar-refractivity contribution is 7.20. The molecule has 0 aliphatic rings. The van der Waals surface area contributed by atoms with Gasteiger partial charge in [0, 0.05) is 17.3 Å². The minimum Gasteiger partial charge on any atom is -0.452 e. The van der Waals surface area contributed by atoms with Crippen LogP contribution in [0.15, 0.2) is 60.9 Å². The van der Waals surface area contributed by atoms with Gasteiger partial charge in [-0.1, -0.05) is 30.3 Å². The molecule has 136 valence electrons. The fourth-order valence-corrected chi connectivity index (χ4v) is 3.36. The number of carbonyl (C=O) groups excluding carboxylic acids is 3. The normalized spacial score (nSPS) is 10.2. The first-order valence-electron chi connectivity index (χ1n) is 7.90. The Morgan fingerprint density at radius 2 is 1.78 bits per heavy atom. The van der Waals surface area contributed by atoms with E-state index in [9.17, 15) is 14.4 Å². The van der Waals surface area contributed by atoms with E-state index < -0.39 is 24.4 Å². The predicted molar refractivity (Wildman–Crippen MR) is 101 cm³/mol. The van der Waals surface area contributed by atoms with Gasteiger partial charge in [-0.05, 0) is 23.8 Å². The van der Waals surface area contributed by atoms with E-state index in [1.54, 1.807) is 6.07 Å². The zero-order valence-electron chi connectivity index (χ0n) is 14.0. The van der Waals surface area contributed by atoms with Crippen LogP contribution in [0.2, 0.25) is 0 Å². The van der Waals surface area contributed by atoms with Gasteiger partial charge in [0.05, 0.1) is 11.1 Å². The largest absolute Gasteiger partial charge is 0.452 e. The maximum atomic E-state index is 12.1. The van der Waals surface area contributed by atoms with Crippen LogP contribution in [-0.4, -0.2) is 29.4 Å². The third-order valence-corrected chi connectivity index (χ3v) is 4.66. The predicted octanol–water partition coefficient (Wildman–Crippen LogP) is 2.70. The third-order valence-electron chi connectivity index (χ3n) is 3.56. The van der Waals surface area contributed by atoms with Crippen LogP contribution < -0.4 is 11.1 Å². The second-order valence-electron chi connectivity index (χ2n) is 5.44. The summed E-state index contributed by atoms with van der Waals surface area (Å²) in [6.07, 6.45) is 2.90. The lowest BCUT2D eigenvalue weighted by Gasteiger charge is -2.06. The molecule has 0 unspecified atom stereocenters. The summed E-state index contributed by atoms with van der Waals surface area (Å²) in [6.45, 7) is -0.488. The highest BCUT2D eigenvalue weighted by Gasteiger charge is 2.18. The number of amides is 2. The average Bonchev–Trinajstić information content (AvgIpc) is 3.11. The summed E-state index contributed by atoms with van der Waals surface area (Å²) in [5.74, 6) is -1.86. The van der Waals surface area contributed by atoms with Gasteiger partial charge in [-0.25, -0.2) is 4.79 Å². The first-order chi connectivity index (χ1) is 13.0. The van der Waals surface area contributed by atoms with E-state index in [4.69, 9.17) is 10.5 Å². The second-order valence-corrected chi connectivity index (χ2v) is 6.50. The number of thiophene rings is 1. The summed E-state index contributed by atoms with van der Waals surface area (Å²) in [5, 5.41) is 2.89. The Morgan fingerprint density at radius 3 is 2.44 bits per heavy atom. The van der Waals surface area contributed by atoms with E-state index in [-0.39, 0.29) is 11.1 Å². The number of carbonyl (C=O) groups is 3. The van der Waals surface area contributed by atoms with Gasteiger partial charge < -0.3 is 15.8 Å². The molecule has 0 aliphatic carbocycles. The van der Waals surface area contributed by atoms with Crippen molar-refractivity contribution in [2.24, 2.45) is 5.73 Å². The van der Waals surface area contributed by atoms with Crippen molar-refractivity contribution in [3.8, 4) is 10.4 Å². The SMILES string of the molecule is NC(=O)c1cc(-c2ccccc2)sc1NC(=O)COC(=O)c1ccncc1. The maximum absolute atomic E-state index is 12.1. The van der Waals surface area contributed by atoms with Crippen molar-refractivity contribution in [3.63, 3.8) is 0 Å². The summed E-state index contributed by atoms with van der Waals surface area (Å²) in [5.41, 5.74) is 6.79. The second kappa shape index (κ2) is 8.24. The first-order valence-corrected chi connectivity index (χ1v) is 8.72. The van der Waals surface area contributed by atoms with Crippen molar-refractivity contribution in [2.75, 3.05) is 11.9 Å². The van der Waals surface area contributed by atoms with Crippen LogP contribution in [0.1, 0.15) is 20.7 Å². The molecule has 0 spiro atoms. The molecule has 2 amide bonds. The number of anilines is 1. The van der Waals surface area contributed by atoms with Crippen molar-refractivity contribution in [1.29, 1.82) is 0 Å². The standard InChI is InChI=1S/C19H15N3O4S/c20-17(24)14-10-15(12-4-2-1-3-5-12)27-18(14)22-16(23)11-26-19(25)13-6-8-21-9-7-13/h1-10H,11H2,(H2,20,24)(H,22,23). The Morgan fingerprint density at radius 1 is 1.07 bits per heavy atom. The third kappa shape index (κ3) is 4.56. The minimum absolute atomic E-state index is 0.202. The molecule has 27 heavy (non-hydrogen) atoms. The zero-order valence-corrected chi connectivity index (χ0v) is 14.9. The molecular formula is C19H15N3O4S. The highest BCUT2D eigenvalue weighted by Crippen LogP contribution is 2.35. The number of rotatable bonds is 6. The molecule has 0 radical (unpaired) electrons. The highest BCUT2D eigenvalue weighted by atomic mass is 32.1. The number of nitrogens with one attached hydrogen (secondary N) is 1. The number of esters is 1. The molecule has 7 nitrogen and oxygen atoms in total. The lowest BCUT2D eigenvalue weighted by Crippen LogP contribution is -2.22. The van der Waals surface area contributed by atoms with Crippen LogP contribution in [-0.2, 0) is 9.53 Å². The number of aromatic nitrogens is 1. The van der Waals surface area contributed by atoms with Crippen LogP contribution in [0.25, 0.3) is 10.4 Å². The van der Waals surface area contributed by atoms with Crippen molar-refractivity contribution >= 4 is 34.1 Å². The number of hydrogen-bond donors (Lipinski definition) is 2. The lowest BCUT2D eigenvalue weighted by atomic mass is 10.1. The van der Waals surface area contributed by atoms with E-state index in [1.807, 2.05) is 30.3 Å². The number of hydrogen-bond acceptors (Lipinski definition) is 6. The molecule has 1 aromatic carbocycles. The van der Waals surface area contributed by atoms with E-state index in [0.717, 1.165) is 10.4 Å². The summed E-state index contributed by atoms with van der Waals surface area (Å²) in [7, 11) is 0. The number of ether oxygens (including phenoxy) is 1. The summed E-state index contributed by atoms with van der Waals surface area (Å²) in [6, 6.07) is 14.0. The summed E-state index contributed by atoms with van der Waals surface area (Å²) >= 11 is 1.22. The molecule has 2 heterocycles. The molecule has 3 aromatic rings. The molecule has 0 saturated heterocycles. The average molecular weight is 381 g/mol. The van der Waals surface area contributed by atoms with E-state index in [0.29, 0.717) is 5.00 Å². The fourth-order valence-electron chi connectivity index (χ4n) is 2.28.